The fourth-order valence-corrected chi connectivity index (χ4v) is 2.23. The number of nitrogens with zero attached hydrogens (tertiary/aromatic N) is 1. The average Bonchev–Trinajstić information content (AvgIpc) is 2.76. The summed E-state index contributed by atoms with van der Waals surface area (Å²) in [6.07, 6.45) is 1.34. The molecule has 0 bridgehead atoms. The van der Waals surface area contributed by atoms with Gasteiger partial charge in [-0.1, -0.05) is 34.1 Å². The molecule has 2 aromatic rings. The monoisotopic (exact) mass is 321 g/mol. The molecular formula is C15H16BrNO2. The van der Waals surface area contributed by atoms with E-state index >= 15 is 0 Å². The largest absolute Gasteiger partial charge is 0.443 e. The van der Waals surface area contributed by atoms with E-state index in [1.165, 1.54) is 4.57 Å². The summed E-state index contributed by atoms with van der Waals surface area (Å²) in [7, 11) is 0. The zero-order chi connectivity index (χ0) is 14.0. The zero-order valence-corrected chi connectivity index (χ0v) is 12.8. The van der Waals surface area contributed by atoms with Crippen LogP contribution < -0.4 is 0 Å². The van der Waals surface area contributed by atoms with E-state index < -0.39 is 5.60 Å². The van der Waals surface area contributed by atoms with Crippen LogP contribution in [0.25, 0.3) is 11.3 Å². The lowest BCUT2D eigenvalue weighted by Crippen LogP contribution is -2.27. The molecule has 0 amide bonds. The highest BCUT2D eigenvalue weighted by Gasteiger charge is 2.20. The first-order chi connectivity index (χ1) is 8.88. The minimum atomic E-state index is -0.507. The van der Waals surface area contributed by atoms with Gasteiger partial charge in [0.25, 0.3) is 0 Å². The van der Waals surface area contributed by atoms with E-state index in [4.69, 9.17) is 4.74 Å². The molecule has 3 nitrogen and oxygen atoms in total. The van der Waals surface area contributed by atoms with Crippen molar-refractivity contribution >= 4 is 22.0 Å². The number of carbonyl (C=O) groups excluding carboxylic acids is 1. The Kier molecular flexibility index (Phi) is 3.80. The van der Waals surface area contributed by atoms with Crippen molar-refractivity contribution in [1.29, 1.82) is 0 Å². The Morgan fingerprint density at radius 3 is 2.47 bits per heavy atom. The van der Waals surface area contributed by atoms with Gasteiger partial charge in [-0.15, -0.1) is 0 Å². The summed E-state index contributed by atoms with van der Waals surface area (Å²) < 4.78 is 7.86. The highest BCUT2D eigenvalue weighted by atomic mass is 79.9. The number of aromatic nitrogens is 1. The Morgan fingerprint density at radius 1 is 1.16 bits per heavy atom. The molecular weight excluding hydrogens is 306 g/mol. The Balaban J connectivity index is 2.39. The Labute approximate surface area is 121 Å². The SMILES string of the molecule is CC(C)(C)OC(=O)n1cccc1-c1ccccc1Br. The first-order valence-corrected chi connectivity index (χ1v) is 6.83. The molecule has 100 valence electrons. The van der Waals surface area contributed by atoms with E-state index in [2.05, 4.69) is 15.9 Å². The average molecular weight is 322 g/mol. The molecule has 0 N–H and O–H groups in total. The minimum absolute atomic E-state index is 0.372. The third kappa shape index (κ3) is 3.26. The summed E-state index contributed by atoms with van der Waals surface area (Å²) in [5.74, 6) is 0. The van der Waals surface area contributed by atoms with Crippen molar-refractivity contribution in [2.24, 2.45) is 0 Å². The predicted octanol–water partition coefficient (Wildman–Crippen LogP) is 4.70. The van der Waals surface area contributed by atoms with Crippen molar-refractivity contribution in [1.82, 2.24) is 4.57 Å². The normalized spacial score (nSPS) is 11.4. The molecule has 4 heteroatoms. The van der Waals surface area contributed by atoms with Crippen molar-refractivity contribution in [3.63, 3.8) is 0 Å². The molecule has 0 spiro atoms. The van der Waals surface area contributed by atoms with Crippen LogP contribution in [0.3, 0.4) is 0 Å². The van der Waals surface area contributed by atoms with Gasteiger partial charge in [0.05, 0.1) is 5.69 Å². The zero-order valence-electron chi connectivity index (χ0n) is 11.2. The van der Waals surface area contributed by atoms with Crippen LogP contribution >= 0.6 is 15.9 Å². The lowest BCUT2D eigenvalue weighted by atomic mass is 10.1. The summed E-state index contributed by atoms with van der Waals surface area (Å²) in [5.41, 5.74) is 1.26. The van der Waals surface area contributed by atoms with E-state index in [0.717, 1.165) is 15.7 Å². The van der Waals surface area contributed by atoms with Crippen molar-refractivity contribution in [2.75, 3.05) is 0 Å². The fourth-order valence-electron chi connectivity index (χ4n) is 1.74. The van der Waals surface area contributed by atoms with Crippen LogP contribution in [0.1, 0.15) is 20.8 Å². The second kappa shape index (κ2) is 5.21. The Hall–Kier alpha value is -1.55. The molecule has 0 fully saturated rings. The number of rotatable bonds is 1. The van der Waals surface area contributed by atoms with Crippen molar-refractivity contribution < 1.29 is 9.53 Å². The van der Waals surface area contributed by atoms with Gasteiger partial charge >= 0.3 is 6.09 Å². The van der Waals surface area contributed by atoms with Gasteiger partial charge in [-0.05, 0) is 39.0 Å². The standard InChI is InChI=1S/C15H16BrNO2/c1-15(2,3)19-14(18)17-10-6-9-13(17)11-7-4-5-8-12(11)16/h4-10H,1-3H3. The molecule has 0 unspecified atom stereocenters. The van der Waals surface area contributed by atoms with Crippen LogP contribution in [-0.2, 0) is 4.74 Å². The van der Waals surface area contributed by atoms with E-state index in [1.54, 1.807) is 6.20 Å². The second-order valence-corrected chi connectivity index (χ2v) is 6.08. The third-order valence-corrected chi connectivity index (χ3v) is 3.18. The van der Waals surface area contributed by atoms with Crippen LogP contribution in [0.15, 0.2) is 47.1 Å². The topological polar surface area (TPSA) is 31.2 Å². The maximum Gasteiger partial charge on any atom is 0.418 e. The van der Waals surface area contributed by atoms with Crippen molar-refractivity contribution in [2.45, 2.75) is 26.4 Å². The van der Waals surface area contributed by atoms with Gasteiger partial charge in [0.1, 0.15) is 5.60 Å². The lowest BCUT2D eigenvalue weighted by molar-refractivity contribution is 0.0540. The predicted molar refractivity (Wildman–Crippen MR) is 79.2 cm³/mol. The van der Waals surface area contributed by atoms with E-state index in [-0.39, 0.29) is 6.09 Å². The third-order valence-electron chi connectivity index (χ3n) is 2.49. The maximum atomic E-state index is 12.2. The van der Waals surface area contributed by atoms with Gasteiger partial charge in [0, 0.05) is 16.2 Å². The summed E-state index contributed by atoms with van der Waals surface area (Å²) in [4.78, 5) is 12.2. The number of hydrogen-bond acceptors (Lipinski definition) is 2. The molecule has 0 radical (unpaired) electrons. The van der Waals surface area contributed by atoms with Crippen molar-refractivity contribution in [3.05, 3.63) is 47.1 Å². The molecule has 19 heavy (non-hydrogen) atoms. The number of carbonyl (C=O) groups is 1. The van der Waals surface area contributed by atoms with Gasteiger partial charge < -0.3 is 4.74 Å². The van der Waals surface area contributed by atoms with E-state index in [9.17, 15) is 4.79 Å². The van der Waals surface area contributed by atoms with Gasteiger partial charge in [0.15, 0.2) is 0 Å². The van der Waals surface area contributed by atoms with E-state index in [0.29, 0.717) is 0 Å². The van der Waals surface area contributed by atoms with Gasteiger partial charge in [-0.2, -0.15) is 0 Å². The first kappa shape index (κ1) is 13.9. The first-order valence-electron chi connectivity index (χ1n) is 6.04. The molecule has 0 atom stereocenters. The minimum Gasteiger partial charge on any atom is -0.443 e. The highest BCUT2D eigenvalue weighted by molar-refractivity contribution is 9.10. The smallest absolute Gasteiger partial charge is 0.418 e. The summed E-state index contributed by atoms with van der Waals surface area (Å²) >= 11 is 3.50. The van der Waals surface area contributed by atoms with Gasteiger partial charge in [0.2, 0.25) is 0 Å². The fraction of sp³-hybridized carbons (Fsp3) is 0.267. The molecule has 1 aromatic carbocycles. The van der Waals surface area contributed by atoms with Crippen LogP contribution in [0.5, 0.6) is 0 Å². The maximum absolute atomic E-state index is 12.2. The molecule has 0 aliphatic heterocycles. The number of ether oxygens (including phenoxy) is 1. The molecule has 0 saturated heterocycles. The second-order valence-electron chi connectivity index (χ2n) is 5.22. The molecule has 0 aliphatic rings. The number of halogens is 1. The summed E-state index contributed by atoms with van der Waals surface area (Å²) in [6.45, 7) is 5.56. The molecule has 0 aliphatic carbocycles. The summed E-state index contributed by atoms with van der Waals surface area (Å²) in [6, 6.07) is 11.5. The molecule has 1 aromatic heterocycles. The molecule has 1 heterocycles. The van der Waals surface area contributed by atoms with Crippen molar-refractivity contribution in [3.8, 4) is 11.3 Å². The van der Waals surface area contributed by atoms with Gasteiger partial charge in [-0.3, -0.25) is 4.57 Å². The Morgan fingerprint density at radius 2 is 1.84 bits per heavy atom. The quantitative estimate of drug-likeness (QED) is 0.762. The Bertz CT molecular complexity index is 596. The van der Waals surface area contributed by atoms with Crippen LogP contribution in [-0.4, -0.2) is 16.3 Å². The highest BCUT2D eigenvalue weighted by Crippen LogP contribution is 2.28. The van der Waals surface area contributed by atoms with Crippen LogP contribution in [0, 0.1) is 0 Å². The van der Waals surface area contributed by atoms with Gasteiger partial charge in [-0.25, -0.2) is 4.79 Å². The number of hydrogen-bond donors (Lipinski definition) is 0. The molecule has 2 rings (SSSR count). The number of benzene rings is 1. The molecule has 0 saturated carbocycles. The van der Waals surface area contributed by atoms with Crippen LogP contribution in [0.4, 0.5) is 4.79 Å². The van der Waals surface area contributed by atoms with Crippen LogP contribution in [0.2, 0.25) is 0 Å². The summed E-state index contributed by atoms with van der Waals surface area (Å²) in [5, 5.41) is 0. The van der Waals surface area contributed by atoms with E-state index in [1.807, 2.05) is 57.2 Å². The lowest BCUT2D eigenvalue weighted by Gasteiger charge is -2.20.